The topological polar surface area (TPSA) is 83.8 Å². The zero-order chi connectivity index (χ0) is 13.0. The molecule has 2 aromatic rings. The molecule has 1 amide bonds. The van der Waals surface area contributed by atoms with Crippen LogP contribution < -0.4 is 11.1 Å². The van der Waals surface area contributed by atoms with Gasteiger partial charge in [0.1, 0.15) is 0 Å². The van der Waals surface area contributed by atoms with Crippen LogP contribution in [0.2, 0.25) is 0 Å². The summed E-state index contributed by atoms with van der Waals surface area (Å²) in [6.45, 7) is 1.80. The van der Waals surface area contributed by atoms with Gasteiger partial charge in [-0.05, 0) is 5.56 Å². The normalized spacial score (nSPS) is 13.9. The molecule has 0 aliphatic carbocycles. The summed E-state index contributed by atoms with van der Waals surface area (Å²) >= 11 is 0. The van der Waals surface area contributed by atoms with Gasteiger partial charge in [-0.25, -0.2) is 4.98 Å². The summed E-state index contributed by atoms with van der Waals surface area (Å²) in [4.78, 5) is 18.7. The first-order valence-electron chi connectivity index (χ1n) is 5.79. The van der Waals surface area contributed by atoms with E-state index in [1.807, 2.05) is 30.3 Å². The number of hydrogen-bond donors (Lipinski definition) is 3. The number of carbonyl (C=O) groups excluding carboxylic acids is 1. The first kappa shape index (κ1) is 12.3. The SMILES string of the molecule is CC(C(=O)Nc1ncc[nH]1)C(N)c1ccccc1. The number of aromatic amines is 1. The van der Waals surface area contributed by atoms with Crippen LogP contribution in [0.4, 0.5) is 5.95 Å². The van der Waals surface area contributed by atoms with E-state index in [9.17, 15) is 4.79 Å². The third kappa shape index (κ3) is 2.75. The van der Waals surface area contributed by atoms with E-state index in [0.717, 1.165) is 5.56 Å². The van der Waals surface area contributed by atoms with E-state index in [2.05, 4.69) is 15.3 Å². The Labute approximate surface area is 105 Å². The largest absolute Gasteiger partial charge is 0.331 e. The number of nitrogens with one attached hydrogen (secondary N) is 2. The molecule has 1 aromatic carbocycles. The number of imidazole rings is 1. The molecular weight excluding hydrogens is 228 g/mol. The molecule has 5 nitrogen and oxygen atoms in total. The maximum Gasteiger partial charge on any atom is 0.231 e. The Balaban J connectivity index is 2.02. The van der Waals surface area contributed by atoms with Gasteiger partial charge < -0.3 is 10.7 Å². The summed E-state index contributed by atoms with van der Waals surface area (Å²) in [6, 6.07) is 9.24. The average molecular weight is 244 g/mol. The van der Waals surface area contributed by atoms with E-state index in [1.54, 1.807) is 19.3 Å². The van der Waals surface area contributed by atoms with Crippen molar-refractivity contribution < 1.29 is 4.79 Å². The first-order chi connectivity index (χ1) is 8.68. The lowest BCUT2D eigenvalue weighted by atomic mass is 9.95. The molecule has 2 rings (SSSR count). The van der Waals surface area contributed by atoms with E-state index < -0.39 is 0 Å². The van der Waals surface area contributed by atoms with Crippen LogP contribution in [0.3, 0.4) is 0 Å². The van der Waals surface area contributed by atoms with E-state index >= 15 is 0 Å². The molecule has 94 valence electrons. The van der Waals surface area contributed by atoms with Gasteiger partial charge in [-0.1, -0.05) is 37.3 Å². The number of anilines is 1. The Morgan fingerprint density at radius 2 is 2.11 bits per heavy atom. The molecule has 0 aliphatic rings. The molecule has 0 fully saturated rings. The molecule has 2 unspecified atom stereocenters. The van der Waals surface area contributed by atoms with Crippen LogP contribution in [0.5, 0.6) is 0 Å². The zero-order valence-corrected chi connectivity index (χ0v) is 10.1. The molecule has 0 bridgehead atoms. The standard InChI is InChI=1S/C13H16N4O/c1-9(11(14)10-5-3-2-4-6-10)12(18)17-13-15-7-8-16-13/h2-9,11H,14H2,1H3,(H2,15,16,17,18). The van der Waals surface area contributed by atoms with E-state index in [0.29, 0.717) is 5.95 Å². The van der Waals surface area contributed by atoms with Gasteiger partial charge in [-0.15, -0.1) is 0 Å². The number of carbonyl (C=O) groups is 1. The summed E-state index contributed by atoms with van der Waals surface area (Å²) in [5.41, 5.74) is 7.02. The third-order valence-electron chi connectivity index (χ3n) is 2.88. The second kappa shape index (κ2) is 5.46. The van der Waals surface area contributed by atoms with E-state index in [-0.39, 0.29) is 17.9 Å². The fraction of sp³-hybridized carbons (Fsp3) is 0.231. The van der Waals surface area contributed by atoms with Crippen LogP contribution in [0.25, 0.3) is 0 Å². The van der Waals surface area contributed by atoms with Crippen LogP contribution in [0.15, 0.2) is 42.7 Å². The fourth-order valence-electron chi connectivity index (χ4n) is 1.69. The van der Waals surface area contributed by atoms with Gasteiger partial charge in [0.05, 0.1) is 5.92 Å². The van der Waals surface area contributed by atoms with Gasteiger partial charge in [0, 0.05) is 18.4 Å². The first-order valence-corrected chi connectivity index (χ1v) is 5.79. The maximum absolute atomic E-state index is 12.0. The molecule has 2 atom stereocenters. The molecule has 0 aliphatic heterocycles. The van der Waals surface area contributed by atoms with Gasteiger partial charge in [0.2, 0.25) is 11.9 Å². The van der Waals surface area contributed by atoms with Crippen LogP contribution in [-0.4, -0.2) is 15.9 Å². The second-order valence-electron chi connectivity index (χ2n) is 4.15. The number of nitrogens with two attached hydrogens (primary N) is 1. The Kier molecular flexibility index (Phi) is 3.74. The molecule has 18 heavy (non-hydrogen) atoms. The van der Waals surface area contributed by atoms with Crippen molar-refractivity contribution in [2.24, 2.45) is 11.7 Å². The Hall–Kier alpha value is -2.14. The third-order valence-corrected chi connectivity index (χ3v) is 2.88. The van der Waals surface area contributed by atoms with Gasteiger partial charge in [0.15, 0.2) is 0 Å². The Morgan fingerprint density at radius 3 is 2.72 bits per heavy atom. The van der Waals surface area contributed by atoms with Crippen LogP contribution in [-0.2, 0) is 4.79 Å². The number of hydrogen-bond acceptors (Lipinski definition) is 3. The Morgan fingerprint density at radius 1 is 1.39 bits per heavy atom. The van der Waals surface area contributed by atoms with Crippen molar-refractivity contribution in [3.8, 4) is 0 Å². The van der Waals surface area contributed by atoms with Crippen molar-refractivity contribution in [3.05, 3.63) is 48.3 Å². The monoisotopic (exact) mass is 244 g/mol. The van der Waals surface area contributed by atoms with E-state index in [4.69, 9.17) is 5.73 Å². The number of aromatic nitrogens is 2. The number of nitrogens with zero attached hydrogens (tertiary/aromatic N) is 1. The van der Waals surface area contributed by atoms with Gasteiger partial charge >= 0.3 is 0 Å². The highest BCUT2D eigenvalue weighted by Gasteiger charge is 2.22. The van der Waals surface area contributed by atoms with Gasteiger partial charge in [-0.2, -0.15) is 0 Å². The Bertz CT molecular complexity index is 495. The van der Waals surface area contributed by atoms with Crippen molar-refractivity contribution in [1.82, 2.24) is 9.97 Å². The van der Waals surface area contributed by atoms with Crippen molar-refractivity contribution in [3.63, 3.8) is 0 Å². The number of rotatable bonds is 4. The molecule has 4 N–H and O–H groups in total. The van der Waals surface area contributed by atoms with Crippen LogP contribution in [0.1, 0.15) is 18.5 Å². The molecule has 1 heterocycles. The predicted molar refractivity (Wildman–Crippen MR) is 69.8 cm³/mol. The van der Waals surface area contributed by atoms with Crippen molar-refractivity contribution in [2.75, 3.05) is 5.32 Å². The lowest BCUT2D eigenvalue weighted by molar-refractivity contribution is -0.120. The minimum Gasteiger partial charge on any atom is -0.331 e. The number of amides is 1. The summed E-state index contributed by atoms with van der Waals surface area (Å²) < 4.78 is 0. The number of H-pyrrole nitrogens is 1. The van der Waals surface area contributed by atoms with Gasteiger partial charge in [0.25, 0.3) is 0 Å². The minimum absolute atomic E-state index is 0.152. The van der Waals surface area contributed by atoms with Gasteiger partial charge in [-0.3, -0.25) is 10.1 Å². The molecule has 0 spiro atoms. The van der Waals surface area contributed by atoms with E-state index in [1.165, 1.54) is 0 Å². The van der Waals surface area contributed by atoms with Crippen molar-refractivity contribution >= 4 is 11.9 Å². The lowest BCUT2D eigenvalue weighted by Gasteiger charge is -2.19. The maximum atomic E-state index is 12.0. The highest BCUT2D eigenvalue weighted by atomic mass is 16.2. The lowest BCUT2D eigenvalue weighted by Crippen LogP contribution is -2.30. The molecule has 0 saturated heterocycles. The highest BCUT2D eigenvalue weighted by molar-refractivity contribution is 5.91. The van der Waals surface area contributed by atoms with Crippen LogP contribution >= 0.6 is 0 Å². The summed E-state index contributed by atoms with van der Waals surface area (Å²) in [5.74, 6) is -0.0501. The zero-order valence-electron chi connectivity index (χ0n) is 10.1. The minimum atomic E-state index is -0.336. The summed E-state index contributed by atoms with van der Waals surface area (Å²) in [5, 5.41) is 2.69. The van der Waals surface area contributed by atoms with Crippen molar-refractivity contribution in [2.45, 2.75) is 13.0 Å². The van der Waals surface area contributed by atoms with Crippen LogP contribution in [0, 0.1) is 5.92 Å². The molecule has 0 saturated carbocycles. The smallest absolute Gasteiger partial charge is 0.231 e. The fourth-order valence-corrected chi connectivity index (χ4v) is 1.69. The molecule has 0 radical (unpaired) electrons. The highest BCUT2D eigenvalue weighted by Crippen LogP contribution is 2.19. The molecule has 1 aromatic heterocycles. The molecular formula is C13H16N4O. The predicted octanol–water partition coefficient (Wildman–Crippen LogP) is 1.68. The average Bonchev–Trinajstić information content (AvgIpc) is 2.91. The molecule has 5 heteroatoms. The summed E-state index contributed by atoms with van der Waals surface area (Å²) in [7, 11) is 0. The quantitative estimate of drug-likeness (QED) is 0.765. The number of benzene rings is 1. The van der Waals surface area contributed by atoms with Crippen molar-refractivity contribution in [1.29, 1.82) is 0 Å². The second-order valence-corrected chi connectivity index (χ2v) is 4.15. The summed E-state index contributed by atoms with van der Waals surface area (Å²) in [6.07, 6.45) is 3.23.